The summed E-state index contributed by atoms with van der Waals surface area (Å²) in [4.78, 5) is 18.7. The van der Waals surface area contributed by atoms with Gasteiger partial charge in [0, 0.05) is 51.1 Å². The smallest absolute Gasteiger partial charge is 0.166 e. The van der Waals surface area contributed by atoms with Crippen molar-refractivity contribution in [3.05, 3.63) is 204 Å². The molecule has 5 aliphatic rings. The predicted molar refractivity (Wildman–Crippen MR) is 263 cm³/mol. The molecule has 4 unspecified atom stereocenters. The molecule has 5 heteroatoms. The Morgan fingerprint density at radius 2 is 1.31 bits per heavy atom. The first-order chi connectivity index (χ1) is 31.7. The third kappa shape index (κ3) is 6.01. The van der Waals surface area contributed by atoms with E-state index in [1.807, 2.05) is 6.07 Å². The van der Waals surface area contributed by atoms with Crippen LogP contribution in [0.3, 0.4) is 0 Å². The monoisotopic (exact) mass is 825 g/mol. The average molecular weight is 826 g/mol. The average Bonchev–Trinajstić information content (AvgIpc) is 3.88. The summed E-state index contributed by atoms with van der Waals surface area (Å²) >= 11 is 0. The lowest BCUT2D eigenvalue weighted by molar-refractivity contribution is 0.484. The molecule has 308 valence electrons. The van der Waals surface area contributed by atoms with Gasteiger partial charge in [-0.1, -0.05) is 158 Å². The molecule has 1 fully saturated rings. The zero-order valence-corrected chi connectivity index (χ0v) is 35.7. The summed E-state index contributed by atoms with van der Waals surface area (Å²) in [5.74, 6) is 2.85. The maximum atomic E-state index is 5.39. The zero-order chi connectivity index (χ0) is 42.1. The van der Waals surface area contributed by atoms with Crippen molar-refractivity contribution in [2.24, 2.45) is 11.8 Å². The maximum absolute atomic E-state index is 5.39. The molecular formula is C59H47N5. The molecular weight excluding hydrogens is 779 g/mol. The van der Waals surface area contributed by atoms with Gasteiger partial charge in [-0.15, -0.1) is 0 Å². The number of benzene rings is 6. The number of hydrogen-bond acceptors (Lipinski definition) is 4. The van der Waals surface area contributed by atoms with E-state index in [2.05, 4.69) is 192 Å². The van der Waals surface area contributed by atoms with Crippen molar-refractivity contribution in [2.45, 2.75) is 50.6 Å². The quantitative estimate of drug-likeness (QED) is 0.157. The minimum Gasteiger partial charge on any atom is -0.360 e. The highest BCUT2D eigenvalue weighted by atomic mass is 15.2. The van der Waals surface area contributed by atoms with E-state index in [1.165, 1.54) is 49.9 Å². The Morgan fingerprint density at radius 1 is 0.594 bits per heavy atom. The number of aromatic nitrogens is 4. The molecule has 0 bridgehead atoms. The molecule has 1 aliphatic heterocycles. The molecule has 0 spiro atoms. The van der Waals surface area contributed by atoms with Crippen molar-refractivity contribution >= 4 is 39.1 Å². The number of aryl methyl sites for hydroxylation is 1. The topological polar surface area (TPSA) is 46.8 Å². The van der Waals surface area contributed by atoms with E-state index in [0.29, 0.717) is 35.4 Å². The lowest BCUT2D eigenvalue weighted by Crippen LogP contribution is -2.40. The van der Waals surface area contributed by atoms with Gasteiger partial charge < -0.3 is 9.47 Å². The van der Waals surface area contributed by atoms with Crippen molar-refractivity contribution in [2.75, 3.05) is 4.90 Å². The molecule has 6 aromatic carbocycles. The number of nitrogens with zero attached hydrogens (tertiary/aromatic N) is 5. The van der Waals surface area contributed by atoms with Gasteiger partial charge in [-0.05, 0) is 113 Å². The SMILES string of the molecule is C1=Cc2c(c3c4ccccc4ccc3n2C2=CCC3CC4C(=CC3=C2)C2C=CCCC2N4c2ccccc2-c2nc(-c3ccccc3)nc(-c3ccccc3-c3ccccc3)n2)CC1. The van der Waals surface area contributed by atoms with Crippen LogP contribution in [-0.2, 0) is 6.42 Å². The number of rotatable bonds is 6. The summed E-state index contributed by atoms with van der Waals surface area (Å²) in [5.41, 5.74) is 14.9. The second-order valence-corrected chi connectivity index (χ2v) is 18.0. The highest BCUT2D eigenvalue weighted by molar-refractivity contribution is 6.11. The summed E-state index contributed by atoms with van der Waals surface area (Å²) in [7, 11) is 0. The summed E-state index contributed by atoms with van der Waals surface area (Å²) < 4.78 is 2.56. The van der Waals surface area contributed by atoms with E-state index in [4.69, 9.17) is 15.0 Å². The van der Waals surface area contributed by atoms with Crippen LogP contribution < -0.4 is 4.90 Å². The molecule has 1 saturated heterocycles. The van der Waals surface area contributed by atoms with Crippen molar-refractivity contribution in [3.8, 4) is 45.3 Å². The minimum atomic E-state index is 0.277. The number of allylic oxidation sites excluding steroid dienone is 7. The van der Waals surface area contributed by atoms with E-state index in [1.54, 1.807) is 5.57 Å². The van der Waals surface area contributed by atoms with Crippen molar-refractivity contribution in [3.63, 3.8) is 0 Å². The normalized spacial score (nSPS) is 20.9. The van der Waals surface area contributed by atoms with Gasteiger partial charge in [0.2, 0.25) is 0 Å². The Balaban J connectivity index is 0.923. The summed E-state index contributed by atoms with van der Waals surface area (Å²) in [6.45, 7) is 0. The molecule has 3 heterocycles. The van der Waals surface area contributed by atoms with Crippen LogP contribution in [0.2, 0.25) is 0 Å². The van der Waals surface area contributed by atoms with Crippen molar-refractivity contribution in [1.82, 2.24) is 19.5 Å². The van der Waals surface area contributed by atoms with Gasteiger partial charge in [0.1, 0.15) is 0 Å². The fourth-order valence-electron chi connectivity index (χ4n) is 11.7. The first kappa shape index (κ1) is 37.2. The molecule has 4 atom stereocenters. The van der Waals surface area contributed by atoms with Crippen LogP contribution in [0.4, 0.5) is 5.69 Å². The third-order valence-corrected chi connectivity index (χ3v) is 14.5. The van der Waals surface area contributed by atoms with Crippen LogP contribution in [0, 0.1) is 11.8 Å². The Morgan fingerprint density at radius 3 is 2.17 bits per heavy atom. The lowest BCUT2D eigenvalue weighted by Gasteiger charge is -2.38. The fraction of sp³-hybridized carbons (Fsp3) is 0.169. The lowest BCUT2D eigenvalue weighted by atomic mass is 9.75. The fourth-order valence-corrected chi connectivity index (χ4v) is 11.7. The van der Waals surface area contributed by atoms with Gasteiger partial charge >= 0.3 is 0 Å². The van der Waals surface area contributed by atoms with Crippen LogP contribution in [0.15, 0.2) is 193 Å². The van der Waals surface area contributed by atoms with Gasteiger partial charge in [-0.25, -0.2) is 15.0 Å². The van der Waals surface area contributed by atoms with Gasteiger partial charge in [0.25, 0.3) is 0 Å². The Kier molecular flexibility index (Phi) is 8.82. The Bertz CT molecular complexity index is 3310. The molecule has 0 N–H and O–H groups in total. The first-order valence-corrected chi connectivity index (χ1v) is 23.1. The second-order valence-electron chi connectivity index (χ2n) is 18.0. The summed E-state index contributed by atoms with van der Waals surface area (Å²) in [5, 5.41) is 4.09. The summed E-state index contributed by atoms with van der Waals surface area (Å²) in [6, 6.07) is 52.5. The molecule has 5 nitrogen and oxygen atoms in total. The second kappa shape index (κ2) is 15.2. The Labute approximate surface area is 374 Å². The van der Waals surface area contributed by atoms with E-state index in [9.17, 15) is 0 Å². The number of anilines is 1. The van der Waals surface area contributed by atoms with Crippen LogP contribution >= 0.6 is 0 Å². The Hall–Kier alpha value is -7.37. The molecule has 0 amide bonds. The standard InChI is InChI=1S/C59H47N5/c1-3-17-38(18-4-1)44-22-9-10-25-47(44)58-60-57(40-20-5-2-6-21-40)61-59(62-58)49-27-13-16-30-53(49)64-51-28-14-11-24-46(51)50-36-42-35-43(33-31-41(42)37-55(50)64)63-52-29-15-12-26-48(52)56-45-23-8-7-19-39(45)32-34-54(56)63/h1-11,13,15-25,27,29-30,32-36,41,46,51,55H,12,14,26,28,31,37H2. The largest absolute Gasteiger partial charge is 0.360 e. The summed E-state index contributed by atoms with van der Waals surface area (Å²) in [6.07, 6.45) is 23.8. The molecule has 2 aromatic heterocycles. The molecule has 0 saturated carbocycles. The number of fused-ring (bicyclic) bond motifs is 9. The van der Waals surface area contributed by atoms with E-state index < -0.39 is 0 Å². The molecule has 4 aliphatic carbocycles. The highest BCUT2D eigenvalue weighted by Gasteiger charge is 2.48. The maximum Gasteiger partial charge on any atom is 0.166 e. The third-order valence-electron chi connectivity index (χ3n) is 14.5. The van der Waals surface area contributed by atoms with Crippen molar-refractivity contribution in [1.29, 1.82) is 0 Å². The number of para-hydroxylation sites is 1. The zero-order valence-electron chi connectivity index (χ0n) is 35.7. The number of hydrogen-bond donors (Lipinski definition) is 0. The van der Waals surface area contributed by atoms with Crippen molar-refractivity contribution < 1.29 is 0 Å². The van der Waals surface area contributed by atoms with E-state index >= 15 is 0 Å². The van der Waals surface area contributed by atoms with Gasteiger partial charge in [0.15, 0.2) is 17.5 Å². The molecule has 13 rings (SSSR count). The predicted octanol–water partition coefficient (Wildman–Crippen LogP) is 13.9. The van der Waals surface area contributed by atoms with Crippen LogP contribution in [0.1, 0.15) is 43.4 Å². The van der Waals surface area contributed by atoms with E-state index in [-0.39, 0.29) is 6.04 Å². The minimum absolute atomic E-state index is 0.277. The van der Waals surface area contributed by atoms with E-state index in [0.717, 1.165) is 66.3 Å². The van der Waals surface area contributed by atoms with Gasteiger partial charge in [0.05, 0.1) is 11.6 Å². The van der Waals surface area contributed by atoms with Crippen LogP contribution in [0.25, 0.3) is 78.7 Å². The highest BCUT2D eigenvalue weighted by Crippen LogP contribution is 2.52. The van der Waals surface area contributed by atoms with Crippen LogP contribution in [0.5, 0.6) is 0 Å². The molecule has 0 radical (unpaired) electrons. The molecule has 8 aromatic rings. The molecule has 64 heavy (non-hydrogen) atoms. The van der Waals surface area contributed by atoms with Gasteiger partial charge in [-0.3, -0.25) is 0 Å². The van der Waals surface area contributed by atoms with Gasteiger partial charge in [-0.2, -0.15) is 0 Å². The first-order valence-electron chi connectivity index (χ1n) is 23.1. The van der Waals surface area contributed by atoms with Crippen LogP contribution in [-0.4, -0.2) is 31.6 Å².